The maximum absolute atomic E-state index is 13.0. The van der Waals surface area contributed by atoms with Crippen molar-refractivity contribution < 1.29 is 13.7 Å². The fourth-order valence-corrected chi connectivity index (χ4v) is 2.66. The fraction of sp³-hybridized carbons (Fsp3) is 0.100. The van der Waals surface area contributed by atoms with E-state index in [1.54, 1.807) is 18.3 Å². The topological polar surface area (TPSA) is 80.9 Å². The van der Waals surface area contributed by atoms with E-state index in [-0.39, 0.29) is 18.1 Å². The molecule has 2 aromatic carbocycles. The summed E-state index contributed by atoms with van der Waals surface area (Å²) in [5.41, 5.74) is 2.16. The van der Waals surface area contributed by atoms with E-state index in [4.69, 9.17) is 4.52 Å². The van der Waals surface area contributed by atoms with E-state index < -0.39 is 0 Å². The van der Waals surface area contributed by atoms with Gasteiger partial charge in [0.25, 0.3) is 0 Å². The first kappa shape index (κ1) is 16.8. The lowest BCUT2D eigenvalue weighted by Crippen LogP contribution is -2.12. The summed E-state index contributed by atoms with van der Waals surface area (Å²) in [5, 5.41) is 7.63. The van der Waals surface area contributed by atoms with Crippen LogP contribution in [0.3, 0.4) is 0 Å². The van der Waals surface area contributed by atoms with Crippen molar-refractivity contribution in [2.45, 2.75) is 12.8 Å². The van der Waals surface area contributed by atoms with Gasteiger partial charge in [0.15, 0.2) is 0 Å². The smallest absolute Gasteiger partial charge is 0.227 e. The number of aryl methyl sites for hydroxylation is 1. The third kappa shape index (κ3) is 3.98. The van der Waals surface area contributed by atoms with Gasteiger partial charge in [-0.3, -0.25) is 9.78 Å². The molecule has 0 bridgehead atoms. The van der Waals surface area contributed by atoms with Crippen molar-refractivity contribution in [1.29, 1.82) is 0 Å². The number of benzene rings is 2. The zero-order valence-electron chi connectivity index (χ0n) is 14.2. The summed E-state index contributed by atoms with van der Waals surface area (Å²) in [6, 6.07) is 15.4. The van der Waals surface area contributed by atoms with Gasteiger partial charge in [0, 0.05) is 23.8 Å². The molecule has 0 aliphatic rings. The molecular weight excluding hydrogens is 347 g/mol. The van der Waals surface area contributed by atoms with Crippen molar-refractivity contribution in [3.05, 3.63) is 72.5 Å². The lowest BCUT2D eigenvalue weighted by molar-refractivity contribution is -0.116. The van der Waals surface area contributed by atoms with Crippen molar-refractivity contribution in [2.75, 3.05) is 5.32 Å². The molecule has 0 radical (unpaired) electrons. The molecule has 0 fully saturated rings. The molecule has 1 N–H and O–H groups in total. The van der Waals surface area contributed by atoms with Crippen molar-refractivity contribution in [2.24, 2.45) is 0 Å². The second kappa shape index (κ2) is 7.33. The molecule has 27 heavy (non-hydrogen) atoms. The van der Waals surface area contributed by atoms with Gasteiger partial charge >= 0.3 is 0 Å². The standard InChI is InChI=1S/C20H15FN4O2/c21-15-7-5-13(6-8-15)20-24-19(27-25-20)10-9-18(26)23-16-11-14-3-1-2-4-17(14)22-12-16/h1-8,11-12H,9-10H2,(H,23,26). The number of nitrogens with zero attached hydrogens (tertiary/aromatic N) is 3. The molecule has 0 atom stereocenters. The van der Waals surface area contributed by atoms with Crippen LogP contribution in [-0.2, 0) is 11.2 Å². The van der Waals surface area contributed by atoms with E-state index in [0.29, 0.717) is 29.4 Å². The summed E-state index contributed by atoms with van der Waals surface area (Å²) in [4.78, 5) is 20.7. The zero-order valence-corrected chi connectivity index (χ0v) is 14.2. The zero-order chi connectivity index (χ0) is 18.6. The maximum Gasteiger partial charge on any atom is 0.227 e. The molecule has 4 rings (SSSR count). The Morgan fingerprint density at radius 3 is 2.78 bits per heavy atom. The van der Waals surface area contributed by atoms with E-state index in [0.717, 1.165) is 10.9 Å². The number of hydrogen-bond acceptors (Lipinski definition) is 5. The largest absolute Gasteiger partial charge is 0.339 e. The molecule has 134 valence electrons. The number of amides is 1. The number of fused-ring (bicyclic) bond motifs is 1. The minimum absolute atomic E-state index is 0.173. The second-order valence-electron chi connectivity index (χ2n) is 5.98. The van der Waals surface area contributed by atoms with Gasteiger partial charge in [-0.05, 0) is 36.4 Å². The van der Waals surface area contributed by atoms with Gasteiger partial charge in [-0.15, -0.1) is 0 Å². The van der Waals surface area contributed by atoms with Crippen LogP contribution in [0.4, 0.5) is 10.1 Å². The average molecular weight is 362 g/mol. The van der Waals surface area contributed by atoms with Crippen molar-refractivity contribution in [3.8, 4) is 11.4 Å². The molecule has 6 nitrogen and oxygen atoms in total. The Bertz CT molecular complexity index is 1090. The minimum atomic E-state index is -0.331. The van der Waals surface area contributed by atoms with Gasteiger partial charge in [0.1, 0.15) is 5.82 Å². The Morgan fingerprint density at radius 2 is 1.93 bits per heavy atom. The van der Waals surface area contributed by atoms with Crippen LogP contribution in [0.1, 0.15) is 12.3 Å². The highest BCUT2D eigenvalue weighted by molar-refractivity contribution is 5.93. The van der Waals surface area contributed by atoms with Gasteiger partial charge in [-0.25, -0.2) is 4.39 Å². The van der Waals surface area contributed by atoms with Crippen molar-refractivity contribution >= 4 is 22.5 Å². The first-order valence-corrected chi connectivity index (χ1v) is 8.40. The van der Waals surface area contributed by atoms with Crippen LogP contribution >= 0.6 is 0 Å². The van der Waals surface area contributed by atoms with Crippen LogP contribution in [-0.4, -0.2) is 21.0 Å². The normalized spacial score (nSPS) is 10.9. The quantitative estimate of drug-likeness (QED) is 0.580. The number of carbonyl (C=O) groups is 1. The number of halogens is 1. The van der Waals surface area contributed by atoms with Crippen LogP contribution in [0.2, 0.25) is 0 Å². The molecule has 7 heteroatoms. The third-order valence-electron chi connectivity index (χ3n) is 4.01. The van der Waals surface area contributed by atoms with Gasteiger partial charge in [0.2, 0.25) is 17.6 Å². The second-order valence-corrected chi connectivity index (χ2v) is 5.98. The summed E-state index contributed by atoms with van der Waals surface area (Å²) >= 11 is 0. The van der Waals surface area contributed by atoms with E-state index in [9.17, 15) is 9.18 Å². The summed E-state index contributed by atoms with van der Waals surface area (Å²) < 4.78 is 18.1. The van der Waals surface area contributed by atoms with Gasteiger partial charge in [0.05, 0.1) is 17.4 Å². The van der Waals surface area contributed by atoms with E-state index in [1.165, 1.54) is 12.1 Å². The lowest BCUT2D eigenvalue weighted by atomic mass is 10.2. The SMILES string of the molecule is O=C(CCc1nc(-c2ccc(F)cc2)no1)Nc1cnc2ccccc2c1. The Kier molecular flexibility index (Phi) is 4.57. The van der Waals surface area contributed by atoms with Crippen LogP contribution < -0.4 is 5.32 Å². The fourth-order valence-electron chi connectivity index (χ4n) is 2.66. The number of para-hydroxylation sites is 1. The predicted octanol–water partition coefficient (Wildman–Crippen LogP) is 4.00. The highest BCUT2D eigenvalue weighted by Gasteiger charge is 2.11. The number of pyridine rings is 1. The highest BCUT2D eigenvalue weighted by atomic mass is 19.1. The Labute approximate surface area is 154 Å². The number of nitrogens with one attached hydrogen (secondary N) is 1. The Morgan fingerprint density at radius 1 is 1.11 bits per heavy atom. The molecule has 4 aromatic rings. The lowest BCUT2D eigenvalue weighted by Gasteiger charge is -2.05. The van der Waals surface area contributed by atoms with Crippen LogP contribution in [0, 0.1) is 5.82 Å². The summed E-state index contributed by atoms with van der Waals surface area (Å²) in [6.07, 6.45) is 2.12. The number of anilines is 1. The molecule has 0 saturated heterocycles. The number of hydrogen-bond donors (Lipinski definition) is 1. The maximum atomic E-state index is 13.0. The summed E-state index contributed by atoms with van der Waals surface area (Å²) in [7, 11) is 0. The molecule has 0 unspecified atom stereocenters. The molecule has 0 aliphatic carbocycles. The third-order valence-corrected chi connectivity index (χ3v) is 4.01. The van der Waals surface area contributed by atoms with Crippen molar-refractivity contribution in [1.82, 2.24) is 15.1 Å². The molecule has 2 heterocycles. The summed E-state index contributed by atoms with van der Waals surface area (Å²) in [5.74, 6) is 0.209. The van der Waals surface area contributed by atoms with Crippen molar-refractivity contribution in [3.63, 3.8) is 0 Å². The van der Waals surface area contributed by atoms with Crippen LogP contribution in [0.25, 0.3) is 22.3 Å². The van der Waals surface area contributed by atoms with E-state index in [1.807, 2.05) is 30.3 Å². The molecule has 0 aliphatic heterocycles. The Hall–Kier alpha value is -3.61. The number of aromatic nitrogens is 3. The Balaban J connectivity index is 1.37. The first-order chi connectivity index (χ1) is 13.2. The molecule has 1 amide bonds. The molecule has 2 aromatic heterocycles. The first-order valence-electron chi connectivity index (χ1n) is 8.40. The molecule has 0 saturated carbocycles. The number of rotatable bonds is 5. The average Bonchev–Trinajstić information content (AvgIpc) is 3.16. The van der Waals surface area contributed by atoms with E-state index in [2.05, 4.69) is 20.4 Å². The molecule has 0 spiro atoms. The highest BCUT2D eigenvalue weighted by Crippen LogP contribution is 2.18. The van der Waals surface area contributed by atoms with Gasteiger partial charge in [-0.1, -0.05) is 23.4 Å². The number of carbonyl (C=O) groups excluding carboxylic acids is 1. The molecular formula is C20H15FN4O2. The minimum Gasteiger partial charge on any atom is -0.339 e. The summed E-state index contributed by atoms with van der Waals surface area (Å²) in [6.45, 7) is 0. The van der Waals surface area contributed by atoms with Gasteiger partial charge in [-0.2, -0.15) is 4.98 Å². The van der Waals surface area contributed by atoms with Crippen LogP contribution in [0.5, 0.6) is 0 Å². The van der Waals surface area contributed by atoms with Crippen LogP contribution in [0.15, 0.2) is 65.3 Å². The monoisotopic (exact) mass is 362 g/mol. The predicted molar refractivity (Wildman–Crippen MR) is 98.4 cm³/mol. The van der Waals surface area contributed by atoms with E-state index >= 15 is 0 Å². The van der Waals surface area contributed by atoms with Gasteiger partial charge < -0.3 is 9.84 Å².